The van der Waals surface area contributed by atoms with Crippen LogP contribution in [-0.4, -0.2) is 73.7 Å². The van der Waals surface area contributed by atoms with E-state index < -0.39 is 24.4 Å². The number of hydrogen-bond acceptors (Lipinski definition) is 8. The van der Waals surface area contributed by atoms with Crippen molar-refractivity contribution in [2.24, 2.45) is 0 Å². The summed E-state index contributed by atoms with van der Waals surface area (Å²) in [6.45, 7) is 0.588. The van der Waals surface area contributed by atoms with Gasteiger partial charge in [-0.1, -0.05) is 12.1 Å². The molecule has 0 unspecified atom stereocenters. The normalized spacial score (nSPS) is 23.7. The first kappa shape index (κ1) is 21.1. The molecule has 0 bridgehead atoms. The molecule has 1 amide bonds. The van der Waals surface area contributed by atoms with Gasteiger partial charge in [0.05, 0.1) is 38.5 Å². The monoisotopic (exact) mass is 429 g/mol. The molecule has 3 heterocycles. The van der Waals surface area contributed by atoms with Gasteiger partial charge in [-0.05, 0) is 17.7 Å². The highest BCUT2D eigenvalue weighted by molar-refractivity contribution is 5.94. The Bertz CT molecular complexity index is 1110. The van der Waals surface area contributed by atoms with Crippen LogP contribution in [0.4, 0.5) is 0 Å². The smallest absolute Gasteiger partial charge is 0.278 e. The molecule has 4 N–H and O–H groups in total. The van der Waals surface area contributed by atoms with Gasteiger partial charge < -0.3 is 34.6 Å². The molecule has 164 valence electrons. The number of nitrogens with zero attached hydrogens (tertiary/aromatic N) is 3. The maximum Gasteiger partial charge on any atom is 0.278 e. The van der Waals surface area contributed by atoms with Gasteiger partial charge in [0.2, 0.25) is 0 Å². The minimum atomic E-state index is -1.26. The van der Waals surface area contributed by atoms with Crippen LogP contribution in [0.1, 0.15) is 15.9 Å². The molecule has 1 aliphatic heterocycles. The number of carbonyl (C=O) groups excluding carboxylic acids is 1. The number of nitrogens with one attached hydrogen (secondary N) is 2. The molecule has 4 atom stereocenters. The number of aromatic amines is 1. The van der Waals surface area contributed by atoms with Crippen molar-refractivity contribution in [3.63, 3.8) is 0 Å². The highest BCUT2D eigenvalue weighted by Gasteiger charge is 2.39. The van der Waals surface area contributed by atoms with E-state index in [0.29, 0.717) is 17.8 Å². The Morgan fingerprint density at radius 1 is 1.29 bits per heavy atom. The lowest BCUT2D eigenvalue weighted by Crippen LogP contribution is -2.59. The molecule has 4 rings (SSSR count). The van der Waals surface area contributed by atoms with Crippen molar-refractivity contribution in [2.45, 2.75) is 37.5 Å². The van der Waals surface area contributed by atoms with Crippen molar-refractivity contribution in [1.29, 1.82) is 0 Å². The number of fused-ring (bicyclic) bond motifs is 1. The summed E-state index contributed by atoms with van der Waals surface area (Å²) in [5.74, 6) is -0.383. The van der Waals surface area contributed by atoms with E-state index in [9.17, 15) is 19.8 Å². The van der Waals surface area contributed by atoms with Gasteiger partial charge in [-0.2, -0.15) is 0 Å². The van der Waals surface area contributed by atoms with Crippen LogP contribution in [0.5, 0.6) is 0 Å². The van der Waals surface area contributed by atoms with E-state index in [1.54, 1.807) is 35.9 Å². The molecular weight excluding hydrogens is 406 g/mol. The van der Waals surface area contributed by atoms with Crippen LogP contribution in [0.15, 0.2) is 41.7 Å². The number of H-pyrrole nitrogens is 1. The Hall–Kier alpha value is -3.12. The highest BCUT2D eigenvalue weighted by Crippen LogP contribution is 2.19. The topological polar surface area (TPSA) is 152 Å². The van der Waals surface area contributed by atoms with Crippen LogP contribution in [0.25, 0.3) is 11.2 Å². The lowest BCUT2D eigenvalue weighted by molar-refractivity contribution is -0.152. The van der Waals surface area contributed by atoms with Gasteiger partial charge in [0.15, 0.2) is 11.2 Å². The fourth-order valence-corrected chi connectivity index (χ4v) is 3.56. The lowest BCUT2D eigenvalue weighted by atomic mass is 9.97. The van der Waals surface area contributed by atoms with Gasteiger partial charge in [0.25, 0.3) is 11.5 Å². The number of aliphatic hydroxyl groups is 2. The van der Waals surface area contributed by atoms with Gasteiger partial charge in [-0.3, -0.25) is 9.59 Å². The van der Waals surface area contributed by atoms with Crippen molar-refractivity contribution in [3.05, 3.63) is 58.4 Å². The summed E-state index contributed by atoms with van der Waals surface area (Å²) < 4.78 is 12.3. The number of ether oxygens (including phenoxy) is 2. The first-order valence-electron chi connectivity index (χ1n) is 9.73. The molecule has 1 aromatic carbocycles. The molecule has 11 nitrogen and oxygen atoms in total. The van der Waals surface area contributed by atoms with Gasteiger partial charge in [-0.25, -0.2) is 9.97 Å². The molecule has 0 spiro atoms. The molecule has 1 saturated heterocycles. The number of carbonyl (C=O) groups is 1. The van der Waals surface area contributed by atoms with E-state index in [4.69, 9.17) is 9.47 Å². The Morgan fingerprint density at radius 2 is 2.06 bits per heavy atom. The van der Waals surface area contributed by atoms with E-state index in [-0.39, 0.29) is 30.1 Å². The van der Waals surface area contributed by atoms with Crippen molar-refractivity contribution in [3.8, 4) is 0 Å². The fourth-order valence-electron chi connectivity index (χ4n) is 3.56. The predicted molar refractivity (Wildman–Crippen MR) is 108 cm³/mol. The predicted octanol–water partition coefficient (Wildman–Crippen LogP) is -0.815. The Labute approximate surface area is 176 Å². The third kappa shape index (κ3) is 4.35. The molecular formula is C20H23N5O6. The lowest BCUT2D eigenvalue weighted by Gasteiger charge is -2.38. The number of imidazole rings is 1. The van der Waals surface area contributed by atoms with E-state index in [1.807, 2.05) is 0 Å². The summed E-state index contributed by atoms with van der Waals surface area (Å²) in [6.07, 6.45) is -0.571. The zero-order valence-corrected chi connectivity index (χ0v) is 16.8. The number of benzene rings is 1. The second-order valence-corrected chi connectivity index (χ2v) is 7.36. The molecule has 3 aromatic rings. The number of hydrogen-bond donors (Lipinski definition) is 4. The molecule has 0 radical (unpaired) electrons. The molecule has 1 aliphatic rings. The minimum absolute atomic E-state index is 0.0109. The van der Waals surface area contributed by atoms with Gasteiger partial charge >= 0.3 is 0 Å². The zero-order valence-electron chi connectivity index (χ0n) is 16.8. The van der Waals surface area contributed by atoms with Crippen molar-refractivity contribution in [2.75, 3.05) is 13.7 Å². The van der Waals surface area contributed by atoms with Crippen LogP contribution >= 0.6 is 0 Å². The third-order valence-corrected chi connectivity index (χ3v) is 5.26. The number of aliphatic hydroxyl groups excluding tert-OH is 2. The SMILES string of the molecule is COCc1ccc(C(=O)N[C@@H]2CO[C@H](Cn3cnc4c(=O)[nH]cnc43)[C@@H](O)[C@H]2O)cc1. The first-order chi connectivity index (χ1) is 15.0. The standard InChI is InChI=1S/C20H23N5O6/c1-30-7-11-2-4-12(5-3-11)19(28)24-13-8-31-14(17(27)16(13)26)6-25-10-23-15-18(25)21-9-22-20(15)29/h2-5,9-10,13-14,16-17,26-27H,6-8H2,1H3,(H,24,28)(H,21,22,29)/t13-,14-,16+,17-/m1/s1. The van der Waals surface area contributed by atoms with Crippen LogP contribution in [0.2, 0.25) is 0 Å². The van der Waals surface area contributed by atoms with E-state index >= 15 is 0 Å². The van der Waals surface area contributed by atoms with Gasteiger partial charge in [0.1, 0.15) is 18.3 Å². The molecule has 0 saturated carbocycles. The van der Waals surface area contributed by atoms with Crippen molar-refractivity contribution < 1.29 is 24.5 Å². The van der Waals surface area contributed by atoms with Crippen LogP contribution in [0, 0.1) is 0 Å². The van der Waals surface area contributed by atoms with Crippen LogP contribution in [0.3, 0.4) is 0 Å². The summed E-state index contributed by atoms with van der Waals surface area (Å²) in [5, 5.41) is 23.8. The van der Waals surface area contributed by atoms with E-state index in [1.165, 1.54) is 12.7 Å². The van der Waals surface area contributed by atoms with Crippen molar-refractivity contribution in [1.82, 2.24) is 24.8 Å². The fraction of sp³-hybridized carbons (Fsp3) is 0.400. The third-order valence-electron chi connectivity index (χ3n) is 5.26. The van der Waals surface area contributed by atoms with Gasteiger partial charge in [-0.15, -0.1) is 0 Å². The summed E-state index contributed by atoms with van der Waals surface area (Å²) in [7, 11) is 1.59. The number of amides is 1. The van der Waals surface area contributed by atoms with Gasteiger partial charge in [0, 0.05) is 12.7 Å². The van der Waals surface area contributed by atoms with E-state index in [0.717, 1.165) is 5.56 Å². The van der Waals surface area contributed by atoms with E-state index in [2.05, 4.69) is 20.3 Å². The zero-order chi connectivity index (χ0) is 22.0. The average Bonchev–Trinajstić information content (AvgIpc) is 3.18. The largest absolute Gasteiger partial charge is 0.388 e. The van der Waals surface area contributed by atoms with Crippen LogP contribution < -0.4 is 10.9 Å². The number of aromatic nitrogens is 4. The second kappa shape index (κ2) is 8.94. The molecule has 2 aromatic heterocycles. The number of rotatable bonds is 6. The maximum absolute atomic E-state index is 12.5. The Balaban J connectivity index is 1.40. The van der Waals surface area contributed by atoms with Crippen LogP contribution in [-0.2, 0) is 22.6 Å². The summed E-state index contributed by atoms with van der Waals surface area (Å²) in [4.78, 5) is 34.9. The Morgan fingerprint density at radius 3 is 2.81 bits per heavy atom. The average molecular weight is 429 g/mol. The summed E-state index contributed by atoms with van der Waals surface area (Å²) in [5.41, 5.74) is 1.51. The number of methoxy groups -OCH3 is 1. The molecule has 31 heavy (non-hydrogen) atoms. The van der Waals surface area contributed by atoms with Crippen molar-refractivity contribution >= 4 is 17.1 Å². The Kier molecular flexibility index (Phi) is 6.09. The summed E-state index contributed by atoms with van der Waals surface area (Å²) >= 11 is 0. The molecule has 0 aliphatic carbocycles. The highest BCUT2D eigenvalue weighted by atomic mass is 16.5. The second-order valence-electron chi connectivity index (χ2n) is 7.36. The first-order valence-corrected chi connectivity index (χ1v) is 9.73. The molecule has 1 fully saturated rings. The quantitative estimate of drug-likeness (QED) is 0.397. The summed E-state index contributed by atoms with van der Waals surface area (Å²) in [6, 6.07) is 6.12. The minimum Gasteiger partial charge on any atom is -0.388 e. The maximum atomic E-state index is 12.5. The molecule has 11 heteroatoms.